The molecule has 20 heavy (non-hydrogen) atoms. The van der Waals surface area contributed by atoms with Gasteiger partial charge < -0.3 is 5.73 Å². The highest BCUT2D eigenvalue weighted by atomic mass is 32.2. The minimum Gasteiger partial charge on any atom is -0.328 e. The summed E-state index contributed by atoms with van der Waals surface area (Å²) in [5.41, 5.74) is 6.88. The molecule has 5 nitrogen and oxygen atoms in total. The van der Waals surface area contributed by atoms with E-state index in [1.807, 2.05) is 37.3 Å². The molecule has 2 unspecified atom stereocenters. The fourth-order valence-corrected chi connectivity index (χ4v) is 4.18. The van der Waals surface area contributed by atoms with Gasteiger partial charge in [-0.3, -0.25) is 0 Å². The first-order valence-corrected chi connectivity index (χ1v) is 8.33. The molecule has 0 spiro atoms. The molecule has 0 saturated carbocycles. The van der Waals surface area contributed by atoms with Crippen molar-refractivity contribution in [2.45, 2.75) is 38.4 Å². The van der Waals surface area contributed by atoms with Crippen LogP contribution in [0.25, 0.3) is 0 Å². The number of nitrogens with two attached hydrogens (primary N) is 1. The Hall–Kier alpha value is -0.950. The molecule has 1 aliphatic rings. The van der Waals surface area contributed by atoms with Gasteiger partial charge in [-0.15, -0.1) is 0 Å². The van der Waals surface area contributed by atoms with Crippen molar-refractivity contribution in [3.63, 3.8) is 0 Å². The van der Waals surface area contributed by atoms with Crippen LogP contribution in [0.4, 0.5) is 0 Å². The molecule has 1 aliphatic heterocycles. The lowest BCUT2D eigenvalue weighted by Crippen LogP contribution is -2.52. The molecule has 1 fully saturated rings. The summed E-state index contributed by atoms with van der Waals surface area (Å²) in [6, 6.07) is 9.68. The first-order valence-electron chi connectivity index (χ1n) is 6.94. The van der Waals surface area contributed by atoms with E-state index in [-0.39, 0.29) is 12.1 Å². The highest BCUT2D eigenvalue weighted by Gasteiger charge is 2.34. The van der Waals surface area contributed by atoms with Crippen LogP contribution in [0.3, 0.4) is 0 Å². The van der Waals surface area contributed by atoms with Crippen molar-refractivity contribution in [3.8, 4) is 0 Å². The second-order valence-electron chi connectivity index (χ2n) is 5.49. The Bertz CT molecular complexity index is 533. The Kier molecular flexibility index (Phi) is 4.80. The average Bonchev–Trinajstić information content (AvgIpc) is 2.39. The Balaban J connectivity index is 2.09. The van der Waals surface area contributed by atoms with Gasteiger partial charge in [-0.05, 0) is 25.3 Å². The van der Waals surface area contributed by atoms with E-state index in [1.165, 1.54) is 4.31 Å². The molecule has 0 aromatic heterocycles. The molecule has 1 aromatic carbocycles. The van der Waals surface area contributed by atoms with Crippen molar-refractivity contribution in [2.75, 3.05) is 13.6 Å². The third-order valence-electron chi connectivity index (χ3n) is 3.79. The van der Waals surface area contributed by atoms with Gasteiger partial charge in [0.15, 0.2) is 0 Å². The van der Waals surface area contributed by atoms with E-state index in [4.69, 9.17) is 5.73 Å². The number of nitrogens with zero attached hydrogens (tertiary/aromatic N) is 2. The van der Waals surface area contributed by atoms with Gasteiger partial charge in [-0.1, -0.05) is 30.3 Å². The molecule has 0 aliphatic carbocycles. The number of piperidine rings is 1. The van der Waals surface area contributed by atoms with E-state index in [0.29, 0.717) is 13.1 Å². The van der Waals surface area contributed by atoms with E-state index < -0.39 is 10.2 Å². The first kappa shape index (κ1) is 15.4. The van der Waals surface area contributed by atoms with Gasteiger partial charge in [0.2, 0.25) is 0 Å². The minimum absolute atomic E-state index is 0.0398. The van der Waals surface area contributed by atoms with Crippen LogP contribution in [0.5, 0.6) is 0 Å². The van der Waals surface area contributed by atoms with Crippen LogP contribution < -0.4 is 5.73 Å². The lowest BCUT2D eigenvalue weighted by Gasteiger charge is -2.37. The number of hydrogen-bond donors (Lipinski definition) is 1. The van der Waals surface area contributed by atoms with Crippen LogP contribution >= 0.6 is 0 Å². The van der Waals surface area contributed by atoms with Crippen molar-refractivity contribution in [2.24, 2.45) is 5.73 Å². The standard InChI is InChI=1S/C14H23N3O2S/c1-12-10-14(15)8-9-17(12)20(18,19)16(2)11-13-6-4-3-5-7-13/h3-7,12,14H,8-11,15H2,1-2H3. The topological polar surface area (TPSA) is 66.6 Å². The number of benzene rings is 1. The van der Waals surface area contributed by atoms with Crippen LogP contribution in [-0.4, -0.2) is 42.7 Å². The summed E-state index contributed by atoms with van der Waals surface area (Å²) in [7, 11) is -1.79. The fraction of sp³-hybridized carbons (Fsp3) is 0.571. The Morgan fingerprint density at radius 3 is 2.60 bits per heavy atom. The Morgan fingerprint density at radius 2 is 2.00 bits per heavy atom. The molecular formula is C14H23N3O2S. The van der Waals surface area contributed by atoms with Crippen molar-refractivity contribution in [3.05, 3.63) is 35.9 Å². The minimum atomic E-state index is -3.42. The predicted octanol–water partition coefficient (Wildman–Crippen LogP) is 1.17. The van der Waals surface area contributed by atoms with E-state index >= 15 is 0 Å². The largest absolute Gasteiger partial charge is 0.328 e. The Morgan fingerprint density at radius 1 is 1.35 bits per heavy atom. The van der Waals surface area contributed by atoms with Crippen LogP contribution in [0.2, 0.25) is 0 Å². The zero-order valence-electron chi connectivity index (χ0n) is 12.1. The maximum Gasteiger partial charge on any atom is 0.282 e. The van der Waals surface area contributed by atoms with Gasteiger partial charge in [-0.2, -0.15) is 17.0 Å². The molecule has 1 heterocycles. The van der Waals surface area contributed by atoms with Gasteiger partial charge in [0, 0.05) is 32.2 Å². The summed E-state index contributed by atoms with van der Waals surface area (Å²) < 4.78 is 28.2. The molecular weight excluding hydrogens is 274 g/mol. The maximum atomic E-state index is 12.6. The van der Waals surface area contributed by atoms with E-state index in [1.54, 1.807) is 11.4 Å². The van der Waals surface area contributed by atoms with Crippen molar-refractivity contribution in [1.82, 2.24) is 8.61 Å². The molecule has 6 heteroatoms. The highest BCUT2D eigenvalue weighted by molar-refractivity contribution is 7.86. The second kappa shape index (κ2) is 6.22. The highest BCUT2D eigenvalue weighted by Crippen LogP contribution is 2.22. The molecule has 0 radical (unpaired) electrons. The van der Waals surface area contributed by atoms with Crippen molar-refractivity contribution < 1.29 is 8.42 Å². The quantitative estimate of drug-likeness (QED) is 0.907. The van der Waals surface area contributed by atoms with Crippen LogP contribution in [0.1, 0.15) is 25.3 Å². The molecule has 2 rings (SSSR count). The third kappa shape index (κ3) is 3.38. The van der Waals surface area contributed by atoms with Crippen LogP contribution in [-0.2, 0) is 16.8 Å². The Labute approximate surface area is 121 Å². The summed E-state index contributed by atoms with van der Waals surface area (Å²) in [5.74, 6) is 0. The molecule has 1 saturated heterocycles. The van der Waals surface area contributed by atoms with E-state index in [9.17, 15) is 8.42 Å². The van der Waals surface area contributed by atoms with E-state index in [2.05, 4.69) is 0 Å². The first-order chi connectivity index (χ1) is 9.41. The number of hydrogen-bond acceptors (Lipinski definition) is 3. The average molecular weight is 297 g/mol. The molecule has 1 aromatic rings. The van der Waals surface area contributed by atoms with Crippen molar-refractivity contribution >= 4 is 10.2 Å². The van der Waals surface area contributed by atoms with Gasteiger partial charge in [-0.25, -0.2) is 0 Å². The summed E-state index contributed by atoms with van der Waals surface area (Å²) in [4.78, 5) is 0. The van der Waals surface area contributed by atoms with Gasteiger partial charge in [0.1, 0.15) is 0 Å². The predicted molar refractivity (Wildman–Crippen MR) is 80.2 cm³/mol. The summed E-state index contributed by atoms with van der Waals surface area (Å²) in [6.07, 6.45) is 1.45. The fourth-order valence-electron chi connectivity index (χ4n) is 2.63. The van der Waals surface area contributed by atoms with Gasteiger partial charge in [0.05, 0.1) is 0 Å². The molecule has 0 amide bonds. The lowest BCUT2D eigenvalue weighted by molar-refractivity contribution is 0.231. The normalized spacial score (nSPS) is 25.0. The van der Waals surface area contributed by atoms with E-state index in [0.717, 1.165) is 18.4 Å². The third-order valence-corrected chi connectivity index (χ3v) is 5.85. The SMILES string of the molecule is CC1CC(N)CCN1S(=O)(=O)N(C)Cc1ccccc1. The molecule has 112 valence electrons. The number of rotatable bonds is 4. The monoisotopic (exact) mass is 297 g/mol. The summed E-state index contributed by atoms with van der Waals surface area (Å²) >= 11 is 0. The maximum absolute atomic E-state index is 12.6. The second-order valence-corrected chi connectivity index (χ2v) is 7.48. The van der Waals surface area contributed by atoms with Gasteiger partial charge in [0.25, 0.3) is 10.2 Å². The van der Waals surface area contributed by atoms with Crippen LogP contribution in [0.15, 0.2) is 30.3 Å². The smallest absolute Gasteiger partial charge is 0.282 e. The summed E-state index contributed by atoms with van der Waals surface area (Å²) in [5, 5.41) is 0. The molecule has 2 atom stereocenters. The lowest BCUT2D eigenvalue weighted by atomic mass is 10.0. The van der Waals surface area contributed by atoms with Crippen molar-refractivity contribution in [1.29, 1.82) is 0 Å². The summed E-state index contributed by atoms with van der Waals surface area (Å²) in [6.45, 7) is 2.81. The molecule has 2 N–H and O–H groups in total. The molecule has 0 bridgehead atoms. The zero-order valence-corrected chi connectivity index (χ0v) is 12.9. The van der Waals surface area contributed by atoms with Gasteiger partial charge >= 0.3 is 0 Å². The van der Waals surface area contributed by atoms with Crippen LogP contribution in [0, 0.1) is 0 Å². The zero-order chi connectivity index (χ0) is 14.8.